The van der Waals surface area contributed by atoms with Gasteiger partial charge in [0.25, 0.3) is 0 Å². The second-order valence-corrected chi connectivity index (χ2v) is 5.22. The van der Waals surface area contributed by atoms with Crippen LogP contribution in [0.3, 0.4) is 0 Å². The van der Waals surface area contributed by atoms with Crippen LogP contribution < -0.4 is 5.73 Å². The number of hydrogen-bond acceptors (Lipinski definition) is 1. The van der Waals surface area contributed by atoms with Gasteiger partial charge in [0.1, 0.15) is 0 Å². The minimum Gasteiger partial charge on any atom is -0.397 e. The van der Waals surface area contributed by atoms with Crippen LogP contribution in [0.1, 0.15) is 16.7 Å². The summed E-state index contributed by atoms with van der Waals surface area (Å²) >= 11 is 0. The number of aromatic nitrogens is 1. The van der Waals surface area contributed by atoms with E-state index >= 15 is 0 Å². The van der Waals surface area contributed by atoms with Crippen molar-refractivity contribution in [2.24, 2.45) is 0 Å². The predicted molar refractivity (Wildman–Crippen MR) is 81.4 cm³/mol. The number of hydrogen-bond donors (Lipinski definition) is 1. The summed E-state index contributed by atoms with van der Waals surface area (Å²) in [5.41, 5.74) is 12.0. The smallest absolute Gasteiger partial charge is 0.0716 e. The summed E-state index contributed by atoms with van der Waals surface area (Å²) in [6.07, 6.45) is 2.11. The first-order valence-electron chi connectivity index (χ1n) is 6.54. The number of nitrogen functional groups attached to an aromatic ring is 1. The highest BCUT2D eigenvalue weighted by atomic mass is 15.0. The van der Waals surface area contributed by atoms with Crippen LogP contribution in [-0.4, -0.2) is 4.57 Å². The Bertz CT molecular complexity index is 718. The molecule has 0 saturated heterocycles. The van der Waals surface area contributed by atoms with Gasteiger partial charge in [-0.1, -0.05) is 41.5 Å². The highest BCUT2D eigenvalue weighted by Crippen LogP contribution is 2.23. The van der Waals surface area contributed by atoms with Crippen molar-refractivity contribution in [2.75, 3.05) is 5.73 Å². The van der Waals surface area contributed by atoms with Crippen molar-refractivity contribution >= 4 is 16.6 Å². The van der Waals surface area contributed by atoms with E-state index in [4.69, 9.17) is 5.73 Å². The first kappa shape index (κ1) is 11.8. The second-order valence-electron chi connectivity index (χ2n) is 5.22. The van der Waals surface area contributed by atoms with Crippen molar-refractivity contribution in [1.29, 1.82) is 0 Å². The van der Waals surface area contributed by atoms with E-state index in [-0.39, 0.29) is 0 Å². The third-order valence-electron chi connectivity index (χ3n) is 3.45. The molecule has 0 bridgehead atoms. The molecule has 2 heteroatoms. The summed E-state index contributed by atoms with van der Waals surface area (Å²) in [6, 6.07) is 14.8. The normalized spacial score (nSPS) is 11.1. The van der Waals surface area contributed by atoms with Gasteiger partial charge < -0.3 is 10.3 Å². The van der Waals surface area contributed by atoms with Gasteiger partial charge in [-0.25, -0.2) is 0 Å². The van der Waals surface area contributed by atoms with Crippen LogP contribution in [0.15, 0.2) is 48.7 Å². The van der Waals surface area contributed by atoms with Crippen LogP contribution in [0.5, 0.6) is 0 Å². The first-order valence-corrected chi connectivity index (χ1v) is 6.54. The molecule has 0 unspecified atom stereocenters. The molecule has 0 fully saturated rings. The Morgan fingerprint density at radius 3 is 2.47 bits per heavy atom. The topological polar surface area (TPSA) is 30.9 Å². The maximum atomic E-state index is 6.09. The number of benzene rings is 2. The van der Waals surface area contributed by atoms with Gasteiger partial charge in [0.2, 0.25) is 0 Å². The van der Waals surface area contributed by atoms with Crippen LogP contribution in [0, 0.1) is 13.8 Å². The molecule has 0 amide bonds. The fraction of sp³-hybridized carbons (Fsp3) is 0.176. The summed E-state index contributed by atoms with van der Waals surface area (Å²) in [5, 5.41) is 1.20. The van der Waals surface area contributed by atoms with Gasteiger partial charge >= 0.3 is 0 Å². The number of rotatable bonds is 2. The van der Waals surface area contributed by atoms with Crippen molar-refractivity contribution in [3.63, 3.8) is 0 Å². The molecule has 3 rings (SSSR count). The second kappa shape index (κ2) is 4.47. The number of fused-ring (bicyclic) bond motifs is 1. The Hall–Kier alpha value is -2.22. The molecule has 96 valence electrons. The maximum Gasteiger partial charge on any atom is 0.0716 e. The van der Waals surface area contributed by atoms with Crippen LogP contribution >= 0.6 is 0 Å². The monoisotopic (exact) mass is 250 g/mol. The highest BCUT2D eigenvalue weighted by molar-refractivity contribution is 5.90. The van der Waals surface area contributed by atoms with E-state index in [0.717, 1.165) is 17.7 Å². The largest absolute Gasteiger partial charge is 0.397 e. The molecule has 0 aliphatic heterocycles. The zero-order valence-corrected chi connectivity index (χ0v) is 11.4. The predicted octanol–water partition coefficient (Wildman–Crippen LogP) is 3.89. The summed E-state index contributed by atoms with van der Waals surface area (Å²) in [5.74, 6) is 0. The molecule has 2 N–H and O–H groups in total. The fourth-order valence-corrected chi connectivity index (χ4v) is 2.78. The number of aryl methyl sites for hydroxylation is 2. The van der Waals surface area contributed by atoms with E-state index < -0.39 is 0 Å². The minimum absolute atomic E-state index is 0.840. The molecule has 0 radical (unpaired) electrons. The van der Waals surface area contributed by atoms with E-state index in [1.807, 2.05) is 12.1 Å². The van der Waals surface area contributed by atoms with Gasteiger partial charge in [-0.15, -0.1) is 0 Å². The van der Waals surface area contributed by atoms with E-state index in [0.29, 0.717) is 0 Å². The average molecular weight is 250 g/mol. The lowest BCUT2D eigenvalue weighted by Crippen LogP contribution is -2.01. The molecule has 0 aliphatic carbocycles. The molecule has 0 saturated carbocycles. The SMILES string of the molecule is Cc1cc(C)cc(Cn2ccc3cccc(N)c32)c1. The molecular formula is C17H18N2. The number of nitrogens with zero attached hydrogens (tertiary/aromatic N) is 1. The molecule has 0 spiro atoms. The van der Waals surface area contributed by atoms with Crippen LogP contribution in [0.4, 0.5) is 5.69 Å². The molecule has 3 aromatic rings. The Balaban J connectivity index is 2.06. The van der Waals surface area contributed by atoms with Crippen molar-refractivity contribution in [3.8, 4) is 0 Å². The van der Waals surface area contributed by atoms with E-state index in [1.165, 1.54) is 22.1 Å². The Morgan fingerprint density at radius 1 is 1.00 bits per heavy atom. The molecule has 0 atom stereocenters. The van der Waals surface area contributed by atoms with Crippen LogP contribution in [0.25, 0.3) is 10.9 Å². The Labute approximate surface area is 113 Å². The summed E-state index contributed by atoms with van der Waals surface area (Å²) in [6.45, 7) is 5.14. The average Bonchev–Trinajstić information content (AvgIpc) is 2.72. The summed E-state index contributed by atoms with van der Waals surface area (Å²) < 4.78 is 2.22. The van der Waals surface area contributed by atoms with Crippen molar-refractivity contribution in [3.05, 3.63) is 65.4 Å². The Kier molecular flexibility index (Phi) is 2.79. The zero-order valence-electron chi connectivity index (χ0n) is 11.4. The molecule has 0 aliphatic rings. The molecule has 2 nitrogen and oxygen atoms in total. The van der Waals surface area contributed by atoms with Gasteiger partial charge in [-0.3, -0.25) is 0 Å². The number of nitrogens with two attached hydrogens (primary N) is 1. The molecule has 1 heterocycles. The summed E-state index contributed by atoms with van der Waals surface area (Å²) in [7, 11) is 0. The third-order valence-corrected chi connectivity index (χ3v) is 3.45. The fourth-order valence-electron chi connectivity index (χ4n) is 2.78. The zero-order chi connectivity index (χ0) is 13.4. The Morgan fingerprint density at radius 2 is 1.74 bits per heavy atom. The van der Waals surface area contributed by atoms with E-state index in [2.05, 4.69) is 54.9 Å². The maximum absolute atomic E-state index is 6.09. The lowest BCUT2D eigenvalue weighted by Gasteiger charge is -2.09. The van der Waals surface area contributed by atoms with E-state index in [9.17, 15) is 0 Å². The highest BCUT2D eigenvalue weighted by Gasteiger charge is 2.05. The molecule has 19 heavy (non-hydrogen) atoms. The van der Waals surface area contributed by atoms with Gasteiger partial charge in [-0.2, -0.15) is 0 Å². The van der Waals surface area contributed by atoms with E-state index in [1.54, 1.807) is 0 Å². The standard InChI is InChI=1S/C17H18N2/c1-12-8-13(2)10-14(9-12)11-19-7-6-15-4-3-5-16(18)17(15)19/h3-10H,11,18H2,1-2H3. The molecule has 2 aromatic carbocycles. The van der Waals surface area contributed by atoms with Crippen molar-refractivity contribution in [1.82, 2.24) is 4.57 Å². The lowest BCUT2D eigenvalue weighted by atomic mass is 10.1. The van der Waals surface area contributed by atoms with Crippen molar-refractivity contribution in [2.45, 2.75) is 20.4 Å². The van der Waals surface area contributed by atoms with Gasteiger partial charge in [-0.05, 0) is 31.5 Å². The van der Waals surface area contributed by atoms with Crippen LogP contribution in [0.2, 0.25) is 0 Å². The van der Waals surface area contributed by atoms with Gasteiger partial charge in [0.15, 0.2) is 0 Å². The van der Waals surface area contributed by atoms with Gasteiger partial charge in [0, 0.05) is 18.1 Å². The summed E-state index contributed by atoms with van der Waals surface area (Å²) in [4.78, 5) is 0. The van der Waals surface area contributed by atoms with Crippen LogP contribution in [-0.2, 0) is 6.54 Å². The van der Waals surface area contributed by atoms with Gasteiger partial charge in [0.05, 0.1) is 11.2 Å². The minimum atomic E-state index is 0.840. The third kappa shape index (κ3) is 2.22. The number of para-hydroxylation sites is 1. The number of anilines is 1. The molecule has 1 aromatic heterocycles. The first-order chi connectivity index (χ1) is 9.13. The molecular weight excluding hydrogens is 232 g/mol. The van der Waals surface area contributed by atoms with Crippen molar-refractivity contribution < 1.29 is 0 Å². The quantitative estimate of drug-likeness (QED) is 0.687. The lowest BCUT2D eigenvalue weighted by molar-refractivity contribution is 0.835.